The third kappa shape index (κ3) is 3.02. The Morgan fingerprint density at radius 2 is 1.93 bits per heavy atom. The van der Waals surface area contributed by atoms with E-state index < -0.39 is 10.1 Å². The van der Waals surface area contributed by atoms with Crippen LogP contribution < -0.4 is 0 Å². The molecule has 0 spiro atoms. The summed E-state index contributed by atoms with van der Waals surface area (Å²) in [7, 11) is -3.72. The Bertz CT molecular complexity index is 437. The lowest BCUT2D eigenvalue weighted by molar-refractivity contribution is 0.205. The number of aliphatic hydroxyl groups excluding tert-OH is 1. The first-order valence-corrected chi connectivity index (χ1v) is 5.96. The second kappa shape index (κ2) is 4.74. The van der Waals surface area contributed by atoms with E-state index in [1.807, 2.05) is 13.8 Å². The Kier molecular flexibility index (Phi) is 3.84. The Balaban J connectivity index is 3.00. The van der Waals surface area contributed by atoms with E-state index in [0.717, 1.165) is 11.1 Å². The Morgan fingerprint density at radius 1 is 1.27 bits per heavy atom. The molecule has 0 saturated heterocycles. The molecule has 84 valence electrons. The van der Waals surface area contributed by atoms with Crippen molar-refractivity contribution >= 4 is 10.1 Å². The molecule has 0 radical (unpaired) electrons. The number of rotatable bonds is 4. The molecule has 1 aromatic carbocycles. The Morgan fingerprint density at radius 3 is 2.47 bits per heavy atom. The van der Waals surface area contributed by atoms with Crippen molar-refractivity contribution in [2.45, 2.75) is 18.7 Å². The quantitative estimate of drug-likeness (QED) is 0.784. The largest absolute Gasteiger partial charge is 0.394 e. The Labute approximate surface area is 89.6 Å². The molecule has 0 aromatic heterocycles. The van der Waals surface area contributed by atoms with Crippen LogP contribution in [0.1, 0.15) is 11.1 Å². The molecule has 1 aromatic rings. The van der Waals surface area contributed by atoms with Crippen molar-refractivity contribution in [3.8, 4) is 0 Å². The predicted molar refractivity (Wildman–Crippen MR) is 56.1 cm³/mol. The third-order valence-electron chi connectivity index (χ3n) is 2.10. The van der Waals surface area contributed by atoms with Crippen LogP contribution >= 0.6 is 0 Å². The maximum atomic E-state index is 11.5. The van der Waals surface area contributed by atoms with Crippen LogP contribution in [0.3, 0.4) is 0 Å². The average Bonchev–Trinajstić information content (AvgIpc) is 2.19. The summed E-state index contributed by atoms with van der Waals surface area (Å²) in [6.07, 6.45) is 0. The summed E-state index contributed by atoms with van der Waals surface area (Å²) in [5.41, 5.74) is 1.92. The lowest BCUT2D eigenvalue weighted by Gasteiger charge is -2.06. The van der Waals surface area contributed by atoms with Crippen LogP contribution in [0.4, 0.5) is 0 Å². The third-order valence-corrected chi connectivity index (χ3v) is 3.41. The number of aryl methyl sites for hydroxylation is 2. The van der Waals surface area contributed by atoms with E-state index in [4.69, 9.17) is 5.11 Å². The van der Waals surface area contributed by atoms with Gasteiger partial charge in [0.15, 0.2) is 0 Å². The fourth-order valence-corrected chi connectivity index (χ4v) is 2.07. The minimum absolute atomic E-state index is 0.124. The molecular weight excluding hydrogens is 216 g/mol. The molecule has 0 unspecified atom stereocenters. The highest BCUT2D eigenvalue weighted by Crippen LogP contribution is 2.16. The van der Waals surface area contributed by atoms with Crippen LogP contribution in [0.2, 0.25) is 0 Å². The maximum Gasteiger partial charge on any atom is 0.297 e. The van der Waals surface area contributed by atoms with Crippen molar-refractivity contribution in [3.63, 3.8) is 0 Å². The summed E-state index contributed by atoms with van der Waals surface area (Å²) in [4.78, 5) is 0.124. The molecule has 0 amide bonds. The average molecular weight is 230 g/mol. The van der Waals surface area contributed by atoms with Crippen LogP contribution in [-0.2, 0) is 14.3 Å². The molecule has 0 saturated carbocycles. The van der Waals surface area contributed by atoms with Crippen molar-refractivity contribution in [3.05, 3.63) is 29.3 Å². The second-order valence-corrected chi connectivity index (χ2v) is 4.86. The van der Waals surface area contributed by atoms with Crippen LogP contribution in [0.15, 0.2) is 23.1 Å². The lowest BCUT2D eigenvalue weighted by atomic mass is 10.1. The number of hydrogen-bond donors (Lipinski definition) is 1. The molecule has 0 aliphatic carbocycles. The van der Waals surface area contributed by atoms with Gasteiger partial charge in [-0.2, -0.15) is 8.42 Å². The summed E-state index contributed by atoms with van der Waals surface area (Å²) in [6.45, 7) is 3.21. The molecule has 1 N–H and O–H groups in total. The van der Waals surface area contributed by atoms with E-state index in [9.17, 15) is 8.42 Å². The molecule has 0 bridgehead atoms. The topological polar surface area (TPSA) is 63.6 Å². The van der Waals surface area contributed by atoms with E-state index in [-0.39, 0.29) is 18.1 Å². The van der Waals surface area contributed by atoms with Crippen molar-refractivity contribution in [2.75, 3.05) is 13.2 Å². The number of hydrogen-bond acceptors (Lipinski definition) is 4. The minimum Gasteiger partial charge on any atom is -0.394 e. The van der Waals surface area contributed by atoms with E-state index in [2.05, 4.69) is 4.18 Å². The highest BCUT2D eigenvalue weighted by Gasteiger charge is 2.14. The van der Waals surface area contributed by atoms with Gasteiger partial charge in [-0.3, -0.25) is 4.18 Å². The monoisotopic (exact) mass is 230 g/mol. The molecule has 0 aliphatic heterocycles. The van der Waals surface area contributed by atoms with Gasteiger partial charge in [0.05, 0.1) is 18.1 Å². The summed E-state index contributed by atoms with van der Waals surface area (Å²) in [5, 5.41) is 8.49. The lowest BCUT2D eigenvalue weighted by Crippen LogP contribution is -2.10. The molecule has 0 aliphatic rings. The number of benzene rings is 1. The van der Waals surface area contributed by atoms with Crippen LogP contribution in [0.25, 0.3) is 0 Å². The fraction of sp³-hybridized carbons (Fsp3) is 0.400. The molecule has 5 heteroatoms. The zero-order valence-electron chi connectivity index (χ0n) is 8.73. The zero-order chi connectivity index (χ0) is 11.5. The molecule has 1 rings (SSSR count). The molecule has 0 atom stereocenters. The van der Waals surface area contributed by atoms with E-state index >= 15 is 0 Å². The normalized spacial score (nSPS) is 11.7. The molecule has 0 heterocycles. The van der Waals surface area contributed by atoms with Crippen LogP contribution in [0.5, 0.6) is 0 Å². The van der Waals surface area contributed by atoms with E-state index in [1.165, 1.54) is 6.07 Å². The first-order chi connectivity index (χ1) is 6.97. The summed E-state index contributed by atoms with van der Waals surface area (Å²) < 4.78 is 27.6. The van der Waals surface area contributed by atoms with Crippen molar-refractivity contribution < 1.29 is 17.7 Å². The fourth-order valence-electron chi connectivity index (χ4n) is 1.08. The van der Waals surface area contributed by atoms with Gasteiger partial charge in [0.2, 0.25) is 0 Å². The Hall–Kier alpha value is -0.910. The van der Waals surface area contributed by atoms with Gasteiger partial charge in [-0.1, -0.05) is 6.07 Å². The van der Waals surface area contributed by atoms with Gasteiger partial charge in [-0.15, -0.1) is 0 Å². The maximum absolute atomic E-state index is 11.5. The van der Waals surface area contributed by atoms with Gasteiger partial charge < -0.3 is 5.11 Å². The van der Waals surface area contributed by atoms with Gasteiger partial charge in [0.25, 0.3) is 10.1 Å². The molecule has 15 heavy (non-hydrogen) atoms. The van der Waals surface area contributed by atoms with Crippen LogP contribution in [-0.4, -0.2) is 26.7 Å². The number of aliphatic hydroxyl groups is 1. The van der Waals surface area contributed by atoms with Crippen molar-refractivity contribution in [1.82, 2.24) is 0 Å². The van der Waals surface area contributed by atoms with E-state index in [0.29, 0.717) is 0 Å². The summed E-state index contributed by atoms with van der Waals surface area (Å²) in [5.74, 6) is 0. The van der Waals surface area contributed by atoms with Crippen LogP contribution in [0, 0.1) is 13.8 Å². The summed E-state index contributed by atoms with van der Waals surface area (Å²) >= 11 is 0. The van der Waals surface area contributed by atoms with E-state index in [1.54, 1.807) is 12.1 Å². The molecule has 0 fully saturated rings. The highest BCUT2D eigenvalue weighted by molar-refractivity contribution is 7.86. The summed E-state index contributed by atoms with van der Waals surface area (Å²) in [6, 6.07) is 4.78. The highest BCUT2D eigenvalue weighted by atomic mass is 32.2. The molecular formula is C10H14O4S. The van der Waals surface area contributed by atoms with Gasteiger partial charge >= 0.3 is 0 Å². The minimum atomic E-state index is -3.72. The standard InChI is InChI=1S/C10H14O4S/c1-8-3-4-10(7-9(8)2)15(12,13)14-6-5-11/h3-4,7,11H,5-6H2,1-2H3. The van der Waals surface area contributed by atoms with Crippen molar-refractivity contribution in [2.24, 2.45) is 0 Å². The second-order valence-electron chi connectivity index (χ2n) is 3.25. The SMILES string of the molecule is Cc1ccc(S(=O)(=O)OCCO)cc1C. The van der Waals surface area contributed by atoms with Gasteiger partial charge in [-0.25, -0.2) is 0 Å². The van der Waals surface area contributed by atoms with Gasteiger partial charge in [0.1, 0.15) is 0 Å². The zero-order valence-corrected chi connectivity index (χ0v) is 9.54. The van der Waals surface area contributed by atoms with Crippen molar-refractivity contribution in [1.29, 1.82) is 0 Å². The smallest absolute Gasteiger partial charge is 0.297 e. The van der Waals surface area contributed by atoms with Gasteiger partial charge in [0, 0.05) is 0 Å². The van der Waals surface area contributed by atoms with Gasteiger partial charge in [-0.05, 0) is 37.1 Å². The first-order valence-electron chi connectivity index (χ1n) is 4.55. The molecule has 4 nitrogen and oxygen atoms in total. The first kappa shape index (κ1) is 12.2. The predicted octanol–water partition coefficient (Wildman–Crippen LogP) is 1.00.